The van der Waals surface area contributed by atoms with E-state index >= 15 is 0 Å². The molecule has 0 aliphatic rings. The van der Waals surface area contributed by atoms with Crippen molar-refractivity contribution in [2.24, 2.45) is 35.5 Å². The number of anilines is 3. The fraction of sp³-hybridized carbons (Fsp3) is 0.420. The Hall–Kier alpha value is -7.83. The Morgan fingerprint density at radius 1 is 0.417 bits per heavy atom. The Morgan fingerprint density at radius 3 is 0.957 bits per heavy atom. The van der Waals surface area contributed by atoms with Gasteiger partial charge in [0.05, 0.1) is 70.5 Å². The molecular weight excluding hydrogens is 1640 g/mol. The monoisotopic (exact) mass is 1740 g/mol. The molecule has 27 heteroatoms. The highest BCUT2D eigenvalue weighted by molar-refractivity contribution is 7.16. The molecule has 18 nitrogen and oxygen atoms in total. The van der Waals surface area contributed by atoms with Gasteiger partial charge in [0, 0.05) is 90.3 Å². The molecule has 0 aliphatic heterocycles. The predicted molar refractivity (Wildman–Crippen MR) is 480 cm³/mol. The normalized spacial score (nSPS) is 12.0. The average molecular weight is 1750 g/mol. The molecule has 622 valence electrons. The van der Waals surface area contributed by atoms with Gasteiger partial charge in [-0.2, -0.15) is 0 Å². The second-order valence-electron chi connectivity index (χ2n) is 31.3. The fourth-order valence-corrected chi connectivity index (χ4v) is 15.9. The molecule has 0 aliphatic carbocycles. The molecular formula is C88H110Cl6N8O10S3. The molecule has 9 rings (SSSR count). The van der Waals surface area contributed by atoms with E-state index in [0.29, 0.717) is 95.1 Å². The van der Waals surface area contributed by atoms with Gasteiger partial charge in [-0.1, -0.05) is 193 Å². The van der Waals surface area contributed by atoms with Crippen LogP contribution in [-0.2, 0) is 62.4 Å². The number of hydrogen-bond acceptors (Lipinski definition) is 17. The number of nitrogens with zero attached hydrogens (tertiary/aromatic N) is 5. The van der Waals surface area contributed by atoms with Gasteiger partial charge in [0.1, 0.15) is 11.2 Å². The molecule has 3 atom stereocenters. The lowest BCUT2D eigenvalue weighted by Crippen LogP contribution is -2.33. The van der Waals surface area contributed by atoms with E-state index in [1.165, 1.54) is 33.6 Å². The summed E-state index contributed by atoms with van der Waals surface area (Å²) in [7, 11) is 6.81. The molecule has 0 fully saturated rings. The quantitative estimate of drug-likeness (QED) is 0.0263. The van der Waals surface area contributed by atoms with Gasteiger partial charge < -0.3 is 45.4 Å². The number of ether oxygens (including phenoxy) is 2. The summed E-state index contributed by atoms with van der Waals surface area (Å²) in [5.74, 6) is -3.22. The zero-order chi connectivity index (χ0) is 84.6. The van der Waals surface area contributed by atoms with Crippen molar-refractivity contribution in [2.45, 2.75) is 161 Å². The number of carbonyl (C=O) groups is 6. The Kier molecular flexibility index (Phi) is 38.9. The molecule has 115 heavy (non-hydrogen) atoms. The summed E-state index contributed by atoms with van der Waals surface area (Å²) >= 11 is 41.8. The highest BCUT2D eigenvalue weighted by Crippen LogP contribution is 2.40. The highest BCUT2D eigenvalue weighted by atomic mass is 35.5. The molecule has 6 aromatic carbocycles. The fourth-order valence-electron chi connectivity index (χ4n) is 11.4. The van der Waals surface area contributed by atoms with Crippen molar-refractivity contribution >= 4 is 155 Å². The number of aliphatic carboxylic acids is 1. The van der Waals surface area contributed by atoms with Gasteiger partial charge in [-0.3, -0.25) is 24.0 Å². The van der Waals surface area contributed by atoms with Gasteiger partial charge in [-0.15, -0.1) is 34.0 Å². The highest BCUT2D eigenvalue weighted by Gasteiger charge is 2.30. The predicted octanol–water partition coefficient (Wildman–Crippen LogP) is 23.7. The Balaban J connectivity index is 0.000000301. The van der Waals surface area contributed by atoms with Crippen molar-refractivity contribution in [2.75, 3.05) is 63.8 Å². The maximum Gasteiger partial charge on any atom is 0.335 e. The third-order valence-corrected chi connectivity index (χ3v) is 21.9. The lowest BCUT2D eigenvalue weighted by Gasteiger charge is -2.24. The number of amides is 2. The van der Waals surface area contributed by atoms with E-state index in [1.807, 2.05) is 102 Å². The average Bonchev–Trinajstić information content (AvgIpc) is 1.69. The van der Waals surface area contributed by atoms with E-state index in [2.05, 4.69) is 71.3 Å². The van der Waals surface area contributed by atoms with Crippen LogP contribution in [0.1, 0.15) is 173 Å². The molecule has 3 aromatic heterocycles. The molecule has 3 unspecified atom stereocenters. The Morgan fingerprint density at radius 2 is 0.696 bits per heavy atom. The molecule has 0 saturated heterocycles. The molecule has 3 heterocycles. The van der Waals surface area contributed by atoms with Crippen LogP contribution in [0, 0.1) is 35.5 Å². The smallest absolute Gasteiger partial charge is 0.335 e. The van der Waals surface area contributed by atoms with Crippen LogP contribution in [0.15, 0.2) is 127 Å². The summed E-state index contributed by atoms with van der Waals surface area (Å²) < 4.78 is 11.4. The number of hydrogen-bond donors (Lipinski definition) is 5. The van der Waals surface area contributed by atoms with Gasteiger partial charge in [-0.05, 0) is 187 Å². The number of thiazole rings is 3. The van der Waals surface area contributed by atoms with Crippen LogP contribution in [0.2, 0.25) is 30.1 Å². The number of nitrogens with one attached hydrogen (secondary N) is 3. The summed E-state index contributed by atoms with van der Waals surface area (Å²) in [4.78, 5) is 95.3. The lowest BCUT2D eigenvalue weighted by molar-refractivity contribution is -0.160. The number of esters is 2. The SMILES string of the molecule is C.CC(C)Cc1sc(NCC(Cc2cccc(C(=O)N(C)C)c2)C(=O)O)nc1-c1ccc(Cl)c(Cl)c1.CC(C)Cc1sc(NCC(Cc2cccc(C(=O)N(C)C)c2)C(=O)OC(C)(C)C)nc1-c1ccc(Cl)c(Cl)c1.CC(C)Cc1sc(NCC(Cc2cccc(C(=O)O)c2)C(=O)OC(C)(C)C)nc1-c1ccc(Cl)c(Cl)c1.CCC. The van der Waals surface area contributed by atoms with Gasteiger partial charge in [0.2, 0.25) is 0 Å². The molecule has 9 aromatic rings. The van der Waals surface area contributed by atoms with E-state index < -0.39 is 40.9 Å². The van der Waals surface area contributed by atoms with E-state index in [9.17, 15) is 39.0 Å². The molecule has 0 bridgehead atoms. The van der Waals surface area contributed by atoms with Crippen LogP contribution in [0.5, 0.6) is 0 Å². The number of halogens is 6. The van der Waals surface area contributed by atoms with Gasteiger partial charge in [0.15, 0.2) is 15.4 Å². The van der Waals surface area contributed by atoms with E-state index in [1.54, 1.807) is 112 Å². The van der Waals surface area contributed by atoms with Crippen molar-refractivity contribution in [3.63, 3.8) is 0 Å². The minimum atomic E-state index is -1.01. The molecule has 0 spiro atoms. The first-order valence-corrected chi connectivity index (χ1v) is 42.4. The summed E-state index contributed by atoms with van der Waals surface area (Å²) in [6, 6.07) is 37.5. The van der Waals surface area contributed by atoms with Crippen LogP contribution >= 0.6 is 104 Å². The Bertz CT molecular complexity index is 4740. The van der Waals surface area contributed by atoms with E-state index in [4.69, 9.17) is 94.0 Å². The number of carboxylic acid groups (broad SMARTS) is 2. The summed E-state index contributed by atoms with van der Waals surface area (Å²) in [6.45, 7) is 29.0. The maximum atomic E-state index is 13.2. The van der Waals surface area contributed by atoms with Crippen LogP contribution in [0.4, 0.5) is 15.4 Å². The summed E-state index contributed by atoms with van der Waals surface area (Å²) in [5, 5.41) is 34.1. The largest absolute Gasteiger partial charge is 0.481 e. The molecule has 2 amide bonds. The number of carboxylic acids is 2. The second kappa shape index (κ2) is 45.8. The molecule has 0 saturated carbocycles. The summed E-state index contributed by atoms with van der Waals surface area (Å²) in [5.41, 5.74) is 7.62. The van der Waals surface area contributed by atoms with Gasteiger partial charge in [-0.25, -0.2) is 19.7 Å². The zero-order valence-electron chi connectivity index (χ0n) is 68.0. The van der Waals surface area contributed by atoms with Crippen molar-refractivity contribution < 1.29 is 48.5 Å². The molecule has 5 N–H and O–H groups in total. The number of carbonyl (C=O) groups excluding carboxylic acids is 4. The van der Waals surface area contributed by atoms with Gasteiger partial charge in [0.25, 0.3) is 11.8 Å². The number of aromatic carboxylic acids is 1. The van der Waals surface area contributed by atoms with Crippen LogP contribution in [0.25, 0.3) is 33.8 Å². The van der Waals surface area contributed by atoms with E-state index in [0.717, 1.165) is 89.5 Å². The van der Waals surface area contributed by atoms with Crippen molar-refractivity contribution in [3.8, 4) is 33.8 Å². The number of rotatable bonds is 30. The first-order valence-electron chi connectivity index (χ1n) is 37.7. The third kappa shape index (κ3) is 31.9. The van der Waals surface area contributed by atoms with Crippen LogP contribution in [0.3, 0.4) is 0 Å². The first kappa shape index (κ1) is 97.7. The third-order valence-electron chi connectivity index (χ3n) is 16.6. The first-order chi connectivity index (χ1) is 53.5. The van der Waals surface area contributed by atoms with Crippen molar-refractivity contribution in [3.05, 3.63) is 206 Å². The number of benzene rings is 6. The zero-order valence-corrected chi connectivity index (χ0v) is 75.0. The number of aromatic nitrogens is 3. The van der Waals surface area contributed by atoms with Crippen molar-refractivity contribution in [1.82, 2.24) is 24.8 Å². The van der Waals surface area contributed by atoms with E-state index in [-0.39, 0.29) is 49.8 Å². The maximum absolute atomic E-state index is 13.2. The Labute approximate surface area is 721 Å². The lowest BCUT2D eigenvalue weighted by atomic mass is 9.97. The standard InChI is InChI=1S/C30H37Cl2N3O3S.C28H32Cl2N2O4S.C26H29Cl2N3O3S.C3H8.CH4/c1-18(2)13-25-26(20-11-12-23(31)24(32)16-20)34-29(39-25)33-17-22(28(37)38-30(3,4)5)15-19-9-8-10-21(14-19)27(36)35(6)7;1-16(2)11-23-24(18-9-10-21(29)22(30)14-18)32-27(37-23)31-15-20(26(35)36-28(3,4)5)13-17-7-6-8-19(12-17)25(33)34;1-15(2)10-22-23(17-8-9-20(27)21(28)13-17)30-26(35-22)29-14-19(25(33)34)12-16-6-5-7-18(11-16)24(32)31(3)4;1-3-2;/h8-12,14,16,18,22H,13,15,17H2,1-7H3,(H,33,34);6-10,12,14,16,20H,11,13,15H2,1-5H3,(H,31,32)(H,33,34);5-9,11,13,15,19H,10,12,14H2,1-4H3,(H,29,30)(H,33,34);3H2,1-2H3;1H4. The van der Waals surface area contributed by atoms with Crippen molar-refractivity contribution in [1.29, 1.82) is 0 Å². The van der Waals surface area contributed by atoms with Crippen LogP contribution in [-0.4, -0.2) is 130 Å². The second-order valence-corrected chi connectivity index (χ2v) is 37.0. The van der Waals surface area contributed by atoms with Gasteiger partial charge >= 0.3 is 23.9 Å². The minimum Gasteiger partial charge on any atom is -0.481 e. The summed E-state index contributed by atoms with van der Waals surface area (Å²) in [6.07, 6.45) is 4.82. The minimum absolute atomic E-state index is 0. The van der Waals surface area contributed by atoms with Crippen LogP contribution < -0.4 is 16.0 Å². The molecule has 0 radical (unpaired) electrons. The topological polar surface area (TPSA) is 243 Å².